The monoisotopic (exact) mass is 1140 g/mol. The molecule has 0 unspecified atom stereocenters. The smallest absolute Gasteiger partial charge is 0.399 e. The van der Waals surface area contributed by atoms with Gasteiger partial charge in [-0.25, -0.2) is 0 Å². The molecule has 0 atom stereocenters. The largest absolute Gasteiger partial charge is 0.494 e. The number of nitro groups is 2. The molecule has 12 aromatic rings. The molecule has 2 aliphatic carbocycles. The maximum atomic E-state index is 11.7. The Morgan fingerprint density at radius 2 is 0.695 bits per heavy atom. The molecule has 0 spiro atoms. The second-order valence-corrected chi connectivity index (χ2v) is 24.8. The van der Waals surface area contributed by atoms with E-state index in [1.807, 2.05) is 18.2 Å². The topological polar surface area (TPSA) is 105 Å². The van der Waals surface area contributed by atoms with E-state index in [1.54, 1.807) is 30.3 Å². The molecular weight excluding hydrogens is 1080 g/mol. The minimum atomic E-state index is -0.427. The summed E-state index contributed by atoms with van der Waals surface area (Å²) in [4.78, 5) is 21.2. The maximum Gasteiger partial charge on any atom is 0.494 e. The van der Waals surface area contributed by atoms with Gasteiger partial charge in [0.05, 0.1) is 31.1 Å². The van der Waals surface area contributed by atoms with Crippen molar-refractivity contribution in [2.24, 2.45) is 0 Å². The van der Waals surface area contributed by atoms with Crippen molar-refractivity contribution in [2.75, 3.05) is 0 Å². The lowest BCUT2D eigenvalue weighted by atomic mass is 9.74. The highest BCUT2D eigenvalue weighted by Crippen LogP contribution is 2.54. The molecule has 1 heterocycles. The van der Waals surface area contributed by atoms with E-state index >= 15 is 0 Å². The predicted molar refractivity (Wildman–Crippen MR) is 342 cm³/mol. The molecule has 0 radical (unpaired) electrons. The first-order valence-electron chi connectivity index (χ1n) is 27.8. The van der Waals surface area contributed by atoms with Gasteiger partial charge in [0, 0.05) is 23.0 Å². The van der Waals surface area contributed by atoms with Crippen molar-refractivity contribution < 1.29 is 19.2 Å². The molecule has 0 bridgehead atoms. The fraction of sp³-hybridized carbons (Fsp3) is 0.167. The summed E-state index contributed by atoms with van der Waals surface area (Å²) in [5.74, 6) is 0. The van der Waals surface area contributed by atoms with Crippen molar-refractivity contribution >= 4 is 105 Å². The lowest BCUT2D eigenvalue weighted by molar-refractivity contribution is -0.385. The fourth-order valence-corrected chi connectivity index (χ4v) is 13.5. The van der Waals surface area contributed by atoms with Gasteiger partial charge in [0.1, 0.15) is 0 Å². The van der Waals surface area contributed by atoms with E-state index in [0.717, 1.165) is 11.0 Å². The molecule has 82 heavy (non-hydrogen) atoms. The van der Waals surface area contributed by atoms with Gasteiger partial charge in [-0.3, -0.25) is 20.2 Å². The first-order chi connectivity index (χ1) is 39.2. The Balaban J connectivity index is 0.000000132. The molecule has 0 aromatic heterocycles. The van der Waals surface area contributed by atoms with Crippen molar-refractivity contribution in [2.45, 2.75) is 77.4 Å². The van der Waals surface area contributed by atoms with Crippen molar-refractivity contribution in [1.82, 2.24) is 0 Å². The third kappa shape index (κ3) is 8.32. The molecule has 10 heteroatoms. The number of rotatable bonds is 4. The zero-order valence-electron chi connectivity index (χ0n) is 46.9. The molecule has 0 N–H and O–H groups in total. The Morgan fingerprint density at radius 1 is 0.354 bits per heavy atom. The van der Waals surface area contributed by atoms with Crippen LogP contribution in [-0.2, 0) is 20.1 Å². The summed E-state index contributed by atoms with van der Waals surface area (Å²) in [5, 5.41) is 37.4. The Morgan fingerprint density at radius 3 is 1.11 bits per heavy atom. The van der Waals surface area contributed by atoms with Gasteiger partial charge in [-0.15, -0.1) is 0 Å². The molecule has 12 aromatic carbocycles. The maximum absolute atomic E-state index is 11.7. The van der Waals surface area contributed by atoms with E-state index in [4.69, 9.17) is 9.31 Å². The Labute approximate surface area is 484 Å². The van der Waals surface area contributed by atoms with Crippen LogP contribution in [0.4, 0.5) is 11.4 Å². The summed E-state index contributed by atoms with van der Waals surface area (Å²) in [6, 6.07) is 71.1. The van der Waals surface area contributed by atoms with Crippen LogP contribution in [0.3, 0.4) is 0 Å². The van der Waals surface area contributed by atoms with E-state index in [0.29, 0.717) is 10.0 Å². The van der Waals surface area contributed by atoms with Crippen LogP contribution in [0.2, 0.25) is 0 Å². The predicted octanol–water partition coefficient (Wildman–Crippen LogP) is 19.1. The van der Waals surface area contributed by atoms with E-state index in [1.165, 1.54) is 115 Å². The fourth-order valence-electron chi connectivity index (χ4n) is 13.1. The van der Waals surface area contributed by atoms with E-state index < -0.39 is 4.92 Å². The summed E-state index contributed by atoms with van der Waals surface area (Å²) >= 11 is 3.06. The van der Waals surface area contributed by atoms with Crippen LogP contribution < -0.4 is 5.46 Å². The van der Waals surface area contributed by atoms with Crippen LogP contribution in [0.5, 0.6) is 0 Å². The first-order valence-corrected chi connectivity index (χ1v) is 28.6. The summed E-state index contributed by atoms with van der Waals surface area (Å²) in [6.45, 7) is 17.7. The normalized spacial score (nSPS) is 15.6. The third-order valence-corrected chi connectivity index (χ3v) is 18.8. The van der Waals surface area contributed by atoms with Gasteiger partial charge < -0.3 is 9.31 Å². The zero-order valence-corrected chi connectivity index (χ0v) is 48.5. The van der Waals surface area contributed by atoms with Gasteiger partial charge in [-0.05, 0) is 206 Å². The number of nitrogens with zero attached hydrogens (tertiary/aromatic N) is 2. The second-order valence-electron chi connectivity index (χ2n) is 24.0. The minimum Gasteiger partial charge on any atom is -0.399 e. The molecular formula is C72H58BBrN2O6. The number of nitro benzene ring substituents is 2. The molecule has 0 saturated carbocycles. The van der Waals surface area contributed by atoms with Crippen LogP contribution in [0, 0.1) is 20.2 Å². The molecule has 402 valence electrons. The van der Waals surface area contributed by atoms with Gasteiger partial charge in [-0.1, -0.05) is 179 Å². The highest BCUT2D eigenvalue weighted by Gasteiger charge is 2.52. The van der Waals surface area contributed by atoms with Gasteiger partial charge in [0.15, 0.2) is 0 Å². The second kappa shape index (κ2) is 19.3. The van der Waals surface area contributed by atoms with E-state index in [9.17, 15) is 20.2 Å². The number of hydrogen-bond acceptors (Lipinski definition) is 6. The van der Waals surface area contributed by atoms with Crippen LogP contribution in [0.1, 0.15) is 77.6 Å². The summed E-state index contributed by atoms with van der Waals surface area (Å²) in [5.41, 5.74) is 12.1. The van der Waals surface area contributed by atoms with Crippen LogP contribution in [0.25, 0.3) is 98.0 Å². The number of hydrogen-bond donors (Lipinski definition) is 0. The van der Waals surface area contributed by atoms with Crippen LogP contribution >= 0.6 is 15.9 Å². The van der Waals surface area contributed by atoms with Crippen LogP contribution in [0.15, 0.2) is 211 Å². The molecule has 3 aliphatic rings. The lowest BCUT2D eigenvalue weighted by Gasteiger charge is -2.32. The average molecular weight is 1140 g/mol. The molecule has 15 rings (SSSR count). The van der Waals surface area contributed by atoms with E-state index in [2.05, 4.69) is 223 Å². The molecule has 1 fully saturated rings. The first kappa shape index (κ1) is 52.8. The lowest BCUT2D eigenvalue weighted by Crippen LogP contribution is -2.41. The number of benzene rings is 12. The van der Waals surface area contributed by atoms with Gasteiger partial charge in [0.2, 0.25) is 0 Å². The standard InChI is InChI=1S/C33H31BO2.C33H23NO2.C6H4BrNO2/c1-31(2)29-17-20(34-35-32(3,4)33(5,6)36-34)15-16-25(29)28-18-26-23-13-9-7-11-21(23)22-12-8-10-14-24(22)27(26)19-30(28)31;1-33(2)30-17-20(21-9-7-8-14-32(21)34(35)36)15-16-26(30)29-18-27-24-12-5-3-10-22(24)23-11-4-6-13-25(23)28(27)19-31(29)33;7-5-3-1-2-4-6(5)8(9)10/h7-19H,1-6H3;3-19H,1-2H3;1-4H. The minimum absolute atomic E-state index is 0.0995. The summed E-state index contributed by atoms with van der Waals surface area (Å²) < 4.78 is 13.3. The van der Waals surface area contributed by atoms with Crippen molar-refractivity contribution in [3.8, 4) is 33.4 Å². The molecule has 1 saturated heterocycles. The van der Waals surface area contributed by atoms with Crippen LogP contribution in [-0.4, -0.2) is 28.2 Å². The number of para-hydroxylation sites is 2. The SMILES string of the molecule is CC1(C)c2cc(-c3ccccc3[N+](=O)[O-])ccc2-c2cc3c4ccccc4c4ccccc4c3cc21.CC1(C)c2cc(B3OC(C)(C)C(C)(C)O3)ccc2-c2cc3c4ccccc4c4ccccc4c3cc21.O=[N+]([O-])c1ccccc1Br. The van der Waals surface area contributed by atoms with Crippen molar-refractivity contribution in [3.63, 3.8) is 0 Å². The summed E-state index contributed by atoms with van der Waals surface area (Å²) in [7, 11) is -0.355. The Hall–Kier alpha value is -8.54. The van der Waals surface area contributed by atoms with Gasteiger partial charge in [0.25, 0.3) is 11.4 Å². The highest BCUT2D eigenvalue weighted by atomic mass is 79.9. The molecule has 1 aliphatic heterocycles. The van der Waals surface area contributed by atoms with Gasteiger partial charge >= 0.3 is 7.12 Å². The average Bonchev–Trinajstić information content (AvgIpc) is 4.16. The third-order valence-electron chi connectivity index (χ3n) is 18.1. The van der Waals surface area contributed by atoms with E-state index in [-0.39, 0.29) is 45.4 Å². The highest BCUT2D eigenvalue weighted by molar-refractivity contribution is 9.10. The zero-order chi connectivity index (χ0) is 57.2. The summed E-state index contributed by atoms with van der Waals surface area (Å²) in [6.07, 6.45) is 0. The number of halogens is 1. The molecule has 0 amide bonds. The quantitative estimate of drug-likeness (QED) is 0.0752. The Bertz CT molecular complexity index is 4680. The Kier molecular flexibility index (Phi) is 12.4. The van der Waals surface area contributed by atoms with Crippen molar-refractivity contribution in [3.05, 3.63) is 253 Å². The van der Waals surface area contributed by atoms with Gasteiger partial charge in [-0.2, -0.15) is 0 Å². The molecule has 8 nitrogen and oxygen atoms in total. The van der Waals surface area contributed by atoms with Crippen molar-refractivity contribution in [1.29, 1.82) is 0 Å². The number of fused-ring (bicyclic) bond motifs is 18.